The number of carbonyl (C=O) groups excluding carboxylic acids is 2. The second kappa shape index (κ2) is 9.85. The van der Waals surface area contributed by atoms with Crippen LogP contribution in [0.25, 0.3) is 0 Å². The number of carbonyl (C=O) groups is 2. The summed E-state index contributed by atoms with van der Waals surface area (Å²) in [6.07, 6.45) is 0. The molecule has 2 amide bonds. The molecule has 0 aliphatic carbocycles. The molecule has 0 saturated carbocycles. The van der Waals surface area contributed by atoms with Gasteiger partial charge in [-0.2, -0.15) is 0 Å². The van der Waals surface area contributed by atoms with E-state index in [2.05, 4.69) is 10.2 Å². The number of hydrogen-bond acceptors (Lipinski definition) is 4. The van der Waals surface area contributed by atoms with Gasteiger partial charge in [-0.05, 0) is 49.4 Å². The van der Waals surface area contributed by atoms with Crippen molar-refractivity contribution in [1.82, 2.24) is 4.90 Å². The van der Waals surface area contributed by atoms with Gasteiger partial charge in [0.1, 0.15) is 5.75 Å². The van der Waals surface area contributed by atoms with Gasteiger partial charge in [0.25, 0.3) is 5.91 Å². The molecule has 30 heavy (non-hydrogen) atoms. The summed E-state index contributed by atoms with van der Waals surface area (Å²) in [5, 5.41) is 3.53. The minimum absolute atomic E-state index is 0.00366. The first-order valence-electron chi connectivity index (χ1n) is 10.3. The van der Waals surface area contributed by atoms with Gasteiger partial charge in [-0.3, -0.25) is 9.59 Å². The summed E-state index contributed by atoms with van der Waals surface area (Å²) >= 11 is 6.20. The average Bonchev–Trinajstić information content (AvgIpc) is 2.74. The molecule has 0 atom stereocenters. The van der Waals surface area contributed by atoms with Crippen molar-refractivity contribution in [3.63, 3.8) is 0 Å². The SMILES string of the molecule is CCOc1ccc(C(=O)Nc2cc(Cl)ccc2N2CCN(C(=O)C(C)C)CC2)cc1. The zero-order valence-electron chi connectivity index (χ0n) is 17.7. The Bertz CT molecular complexity index is 891. The molecular formula is C23H28ClN3O3. The topological polar surface area (TPSA) is 61.9 Å². The molecule has 0 aromatic heterocycles. The standard InChI is InChI=1S/C23H28ClN3O3/c1-4-30-19-8-5-17(6-9-19)22(28)25-20-15-18(24)7-10-21(20)26-11-13-27(14-12-26)23(29)16(2)3/h5-10,15-16H,4,11-14H2,1-3H3,(H,25,28). The van der Waals surface area contributed by atoms with Gasteiger partial charge in [-0.15, -0.1) is 0 Å². The highest BCUT2D eigenvalue weighted by Gasteiger charge is 2.24. The minimum Gasteiger partial charge on any atom is -0.494 e. The Labute approximate surface area is 182 Å². The van der Waals surface area contributed by atoms with Gasteiger partial charge < -0.3 is 19.9 Å². The van der Waals surface area contributed by atoms with E-state index in [4.69, 9.17) is 16.3 Å². The van der Waals surface area contributed by atoms with Crippen molar-refractivity contribution >= 4 is 34.8 Å². The lowest BCUT2D eigenvalue weighted by Crippen LogP contribution is -2.50. The summed E-state index contributed by atoms with van der Waals surface area (Å²) in [6, 6.07) is 12.5. The van der Waals surface area contributed by atoms with Crippen LogP contribution in [-0.4, -0.2) is 49.5 Å². The van der Waals surface area contributed by atoms with E-state index in [-0.39, 0.29) is 17.7 Å². The first-order valence-corrected chi connectivity index (χ1v) is 10.6. The molecule has 1 fully saturated rings. The number of anilines is 2. The summed E-state index contributed by atoms with van der Waals surface area (Å²) < 4.78 is 5.43. The number of halogens is 1. The van der Waals surface area contributed by atoms with Crippen LogP contribution in [0.2, 0.25) is 5.02 Å². The van der Waals surface area contributed by atoms with Crippen LogP contribution in [0.4, 0.5) is 11.4 Å². The lowest BCUT2D eigenvalue weighted by Gasteiger charge is -2.37. The van der Waals surface area contributed by atoms with Crippen LogP contribution in [0, 0.1) is 5.92 Å². The highest BCUT2D eigenvalue weighted by atomic mass is 35.5. The van der Waals surface area contributed by atoms with E-state index in [0.29, 0.717) is 49.1 Å². The number of rotatable bonds is 6. The number of ether oxygens (including phenoxy) is 1. The Morgan fingerprint density at radius 2 is 1.73 bits per heavy atom. The molecule has 1 saturated heterocycles. The first-order chi connectivity index (χ1) is 14.4. The predicted molar refractivity (Wildman–Crippen MR) is 121 cm³/mol. The number of nitrogens with zero attached hydrogens (tertiary/aromatic N) is 2. The maximum absolute atomic E-state index is 12.8. The van der Waals surface area contributed by atoms with E-state index in [1.54, 1.807) is 30.3 Å². The number of amides is 2. The van der Waals surface area contributed by atoms with Crippen LogP contribution in [0.5, 0.6) is 5.75 Å². The molecule has 160 valence electrons. The maximum atomic E-state index is 12.8. The minimum atomic E-state index is -0.213. The molecule has 0 bridgehead atoms. The molecule has 2 aromatic rings. The fourth-order valence-corrected chi connectivity index (χ4v) is 3.65. The Morgan fingerprint density at radius 3 is 2.33 bits per heavy atom. The molecule has 0 radical (unpaired) electrons. The van der Waals surface area contributed by atoms with Gasteiger partial charge >= 0.3 is 0 Å². The van der Waals surface area contributed by atoms with Crippen molar-refractivity contribution in [3.8, 4) is 5.75 Å². The van der Waals surface area contributed by atoms with E-state index in [1.165, 1.54) is 0 Å². The number of benzene rings is 2. The van der Waals surface area contributed by atoms with E-state index in [0.717, 1.165) is 11.4 Å². The van der Waals surface area contributed by atoms with Gasteiger partial charge in [0.05, 0.1) is 18.0 Å². The fraction of sp³-hybridized carbons (Fsp3) is 0.391. The van der Waals surface area contributed by atoms with Crippen molar-refractivity contribution in [2.24, 2.45) is 5.92 Å². The molecule has 1 N–H and O–H groups in total. The first kappa shape index (κ1) is 22.0. The third kappa shape index (κ3) is 5.25. The van der Waals surface area contributed by atoms with Crippen LogP contribution >= 0.6 is 11.6 Å². The number of hydrogen-bond donors (Lipinski definition) is 1. The van der Waals surface area contributed by atoms with Crippen molar-refractivity contribution in [2.75, 3.05) is 43.0 Å². The molecular weight excluding hydrogens is 402 g/mol. The maximum Gasteiger partial charge on any atom is 0.255 e. The second-order valence-corrected chi connectivity index (χ2v) is 7.98. The van der Waals surface area contributed by atoms with E-state index in [1.807, 2.05) is 37.8 Å². The second-order valence-electron chi connectivity index (χ2n) is 7.54. The number of piperazine rings is 1. The van der Waals surface area contributed by atoms with Crippen LogP contribution in [0.1, 0.15) is 31.1 Å². The third-order valence-electron chi connectivity index (χ3n) is 5.06. The highest BCUT2D eigenvalue weighted by molar-refractivity contribution is 6.31. The quantitative estimate of drug-likeness (QED) is 0.743. The molecule has 1 heterocycles. The summed E-state index contributed by atoms with van der Waals surface area (Å²) in [4.78, 5) is 29.1. The molecule has 1 aliphatic rings. The Morgan fingerprint density at radius 1 is 1.07 bits per heavy atom. The predicted octanol–water partition coefficient (Wildman–Crippen LogP) is 4.30. The van der Waals surface area contributed by atoms with Crippen LogP contribution < -0.4 is 15.0 Å². The molecule has 3 rings (SSSR count). The Balaban J connectivity index is 1.73. The van der Waals surface area contributed by atoms with Gasteiger partial charge in [0.2, 0.25) is 5.91 Å². The molecule has 0 spiro atoms. The van der Waals surface area contributed by atoms with Crippen molar-refractivity contribution in [2.45, 2.75) is 20.8 Å². The van der Waals surface area contributed by atoms with Gasteiger partial charge in [-0.25, -0.2) is 0 Å². The average molecular weight is 430 g/mol. The van der Waals surface area contributed by atoms with Crippen LogP contribution in [0.3, 0.4) is 0 Å². The van der Waals surface area contributed by atoms with Crippen molar-refractivity contribution in [1.29, 1.82) is 0 Å². The van der Waals surface area contributed by atoms with E-state index in [9.17, 15) is 9.59 Å². The van der Waals surface area contributed by atoms with Gasteiger partial charge in [0, 0.05) is 42.7 Å². The smallest absolute Gasteiger partial charge is 0.255 e. The lowest BCUT2D eigenvalue weighted by molar-refractivity contribution is -0.134. The molecule has 7 heteroatoms. The van der Waals surface area contributed by atoms with Crippen LogP contribution in [0.15, 0.2) is 42.5 Å². The Kier molecular flexibility index (Phi) is 7.21. The third-order valence-corrected chi connectivity index (χ3v) is 5.30. The van der Waals surface area contributed by atoms with Crippen LogP contribution in [-0.2, 0) is 4.79 Å². The monoisotopic (exact) mass is 429 g/mol. The Hall–Kier alpha value is -2.73. The zero-order valence-corrected chi connectivity index (χ0v) is 18.4. The molecule has 0 unspecified atom stereocenters. The lowest BCUT2D eigenvalue weighted by atomic mass is 10.1. The number of nitrogens with one attached hydrogen (secondary N) is 1. The van der Waals surface area contributed by atoms with Gasteiger partial charge in [0.15, 0.2) is 0 Å². The van der Waals surface area contributed by atoms with Crippen molar-refractivity contribution in [3.05, 3.63) is 53.1 Å². The summed E-state index contributed by atoms with van der Waals surface area (Å²) in [7, 11) is 0. The van der Waals surface area contributed by atoms with Gasteiger partial charge in [-0.1, -0.05) is 25.4 Å². The highest BCUT2D eigenvalue weighted by Crippen LogP contribution is 2.31. The van der Waals surface area contributed by atoms with Crippen molar-refractivity contribution < 1.29 is 14.3 Å². The zero-order chi connectivity index (χ0) is 21.7. The van der Waals surface area contributed by atoms with E-state index >= 15 is 0 Å². The largest absolute Gasteiger partial charge is 0.494 e. The summed E-state index contributed by atoms with van der Waals surface area (Å²) in [5.74, 6) is 0.687. The molecule has 6 nitrogen and oxygen atoms in total. The fourth-order valence-electron chi connectivity index (χ4n) is 3.48. The summed E-state index contributed by atoms with van der Waals surface area (Å²) in [5.41, 5.74) is 2.09. The molecule has 2 aromatic carbocycles. The normalized spacial score (nSPS) is 14.0. The summed E-state index contributed by atoms with van der Waals surface area (Å²) in [6.45, 7) is 9.05. The van der Waals surface area contributed by atoms with E-state index < -0.39 is 0 Å². The molecule has 1 aliphatic heterocycles.